The summed E-state index contributed by atoms with van der Waals surface area (Å²) < 4.78 is 1.48. The molecular formula is C11H12N4O2. The quantitative estimate of drug-likeness (QED) is 0.575. The largest absolute Gasteiger partial charge is 0.397 e. The van der Waals surface area contributed by atoms with E-state index in [1.54, 1.807) is 12.1 Å². The van der Waals surface area contributed by atoms with Crippen molar-refractivity contribution in [1.82, 2.24) is 15.0 Å². The van der Waals surface area contributed by atoms with Crippen molar-refractivity contribution in [3.63, 3.8) is 0 Å². The van der Waals surface area contributed by atoms with E-state index in [2.05, 4.69) is 10.3 Å². The Hall–Kier alpha value is -2.21. The number of aldehydes is 1. The third-order valence-electron chi connectivity index (χ3n) is 2.44. The van der Waals surface area contributed by atoms with E-state index in [9.17, 15) is 4.79 Å². The van der Waals surface area contributed by atoms with Crippen LogP contribution in [0.15, 0.2) is 24.3 Å². The lowest BCUT2D eigenvalue weighted by Crippen LogP contribution is -2.07. The van der Waals surface area contributed by atoms with Crippen LogP contribution in [0, 0.1) is 0 Å². The molecule has 2 aromatic rings. The van der Waals surface area contributed by atoms with Gasteiger partial charge in [-0.3, -0.25) is 0 Å². The molecule has 1 aromatic carbocycles. The van der Waals surface area contributed by atoms with Crippen LogP contribution in [0.1, 0.15) is 11.4 Å². The first kappa shape index (κ1) is 11.3. The predicted octanol–water partition coefficient (Wildman–Crippen LogP) is 0.0832. The Labute approximate surface area is 97.7 Å². The van der Waals surface area contributed by atoms with Crippen molar-refractivity contribution in [2.75, 3.05) is 5.73 Å². The molecule has 0 spiro atoms. The second-order valence-corrected chi connectivity index (χ2v) is 3.48. The smallest absolute Gasteiger partial charge is 0.126 e. The fourth-order valence-electron chi connectivity index (χ4n) is 1.61. The third kappa shape index (κ3) is 2.02. The van der Waals surface area contributed by atoms with Gasteiger partial charge in [0.15, 0.2) is 0 Å². The molecule has 0 unspecified atom stereocenters. The van der Waals surface area contributed by atoms with Gasteiger partial charge in [-0.25, -0.2) is 4.68 Å². The van der Waals surface area contributed by atoms with E-state index in [1.165, 1.54) is 4.68 Å². The standard InChI is InChI=1S/C11H12N4O2/c12-8-3-1-2-4-10(8)15-11(5-6-16)9(7-17)13-14-15/h1-4,6,17H,5,7,12H2. The van der Waals surface area contributed by atoms with Crippen LogP contribution in [0.5, 0.6) is 0 Å². The average molecular weight is 232 g/mol. The van der Waals surface area contributed by atoms with E-state index < -0.39 is 0 Å². The molecule has 3 N–H and O–H groups in total. The lowest BCUT2D eigenvalue weighted by molar-refractivity contribution is -0.107. The molecule has 0 radical (unpaired) electrons. The molecule has 17 heavy (non-hydrogen) atoms. The first-order chi connectivity index (χ1) is 8.27. The van der Waals surface area contributed by atoms with Crippen LogP contribution in [0.3, 0.4) is 0 Å². The summed E-state index contributed by atoms with van der Waals surface area (Å²) in [5.41, 5.74) is 7.96. The number of carbonyl (C=O) groups is 1. The van der Waals surface area contributed by atoms with Gasteiger partial charge < -0.3 is 15.6 Å². The van der Waals surface area contributed by atoms with Crippen LogP contribution in [-0.2, 0) is 17.8 Å². The molecule has 0 amide bonds. The van der Waals surface area contributed by atoms with Crippen LogP contribution >= 0.6 is 0 Å². The van der Waals surface area contributed by atoms with Gasteiger partial charge in [-0.1, -0.05) is 17.3 Å². The Morgan fingerprint density at radius 2 is 2.18 bits per heavy atom. The highest BCUT2D eigenvalue weighted by molar-refractivity contribution is 5.60. The molecule has 0 aliphatic rings. The topological polar surface area (TPSA) is 94.0 Å². The van der Waals surface area contributed by atoms with E-state index in [0.717, 1.165) is 6.29 Å². The van der Waals surface area contributed by atoms with Crippen molar-refractivity contribution in [1.29, 1.82) is 0 Å². The molecule has 0 fully saturated rings. The fourth-order valence-corrected chi connectivity index (χ4v) is 1.61. The molecule has 88 valence electrons. The highest BCUT2D eigenvalue weighted by Gasteiger charge is 2.14. The number of carbonyl (C=O) groups excluding carboxylic acids is 1. The molecule has 0 saturated carbocycles. The summed E-state index contributed by atoms with van der Waals surface area (Å²) >= 11 is 0. The molecule has 6 heteroatoms. The second kappa shape index (κ2) is 4.75. The van der Waals surface area contributed by atoms with Gasteiger partial charge in [-0.2, -0.15) is 0 Å². The molecule has 0 atom stereocenters. The van der Waals surface area contributed by atoms with Gasteiger partial charge in [0.05, 0.1) is 23.7 Å². The molecule has 6 nitrogen and oxygen atoms in total. The Morgan fingerprint density at radius 1 is 1.41 bits per heavy atom. The van der Waals surface area contributed by atoms with Crippen molar-refractivity contribution in [2.45, 2.75) is 13.0 Å². The number of nitrogens with zero attached hydrogens (tertiary/aromatic N) is 3. The van der Waals surface area contributed by atoms with Gasteiger partial charge >= 0.3 is 0 Å². The molecule has 0 aliphatic carbocycles. The monoisotopic (exact) mass is 232 g/mol. The number of rotatable bonds is 4. The van der Waals surface area contributed by atoms with Crippen LogP contribution in [-0.4, -0.2) is 26.4 Å². The normalized spacial score (nSPS) is 10.4. The van der Waals surface area contributed by atoms with Crippen molar-refractivity contribution < 1.29 is 9.90 Å². The number of aromatic nitrogens is 3. The summed E-state index contributed by atoms with van der Waals surface area (Å²) in [6.45, 7) is -0.254. The lowest BCUT2D eigenvalue weighted by atomic mass is 10.2. The number of anilines is 1. The van der Waals surface area contributed by atoms with Gasteiger partial charge in [0.25, 0.3) is 0 Å². The van der Waals surface area contributed by atoms with Gasteiger partial charge in [-0.05, 0) is 12.1 Å². The van der Waals surface area contributed by atoms with E-state index in [4.69, 9.17) is 10.8 Å². The minimum atomic E-state index is -0.254. The first-order valence-corrected chi connectivity index (χ1v) is 5.10. The highest BCUT2D eigenvalue weighted by Crippen LogP contribution is 2.19. The zero-order valence-electron chi connectivity index (χ0n) is 9.08. The van der Waals surface area contributed by atoms with Crippen LogP contribution in [0.25, 0.3) is 5.69 Å². The third-order valence-corrected chi connectivity index (χ3v) is 2.44. The molecule has 0 saturated heterocycles. The van der Waals surface area contributed by atoms with Crippen molar-refractivity contribution in [2.24, 2.45) is 0 Å². The lowest BCUT2D eigenvalue weighted by Gasteiger charge is -2.07. The number of para-hydroxylation sites is 2. The van der Waals surface area contributed by atoms with Gasteiger partial charge in [-0.15, -0.1) is 5.10 Å². The SMILES string of the molecule is Nc1ccccc1-n1nnc(CO)c1CC=O. The maximum atomic E-state index is 10.6. The number of benzene rings is 1. The molecule has 2 rings (SSSR count). The Balaban J connectivity index is 2.55. The van der Waals surface area contributed by atoms with Gasteiger partial charge in [0, 0.05) is 6.42 Å². The van der Waals surface area contributed by atoms with Crippen LogP contribution in [0.2, 0.25) is 0 Å². The van der Waals surface area contributed by atoms with E-state index in [0.29, 0.717) is 22.8 Å². The average Bonchev–Trinajstić information content (AvgIpc) is 2.73. The Kier molecular flexibility index (Phi) is 3.15. The maximum Gasteiger partial charge on any atom is 0.126 e. The predicted molar refractivity (Wildman–Crippen MR) is 61.5 cm³/mol. The van der Waals surface area contributed by atoms with E-state index >= 15 is 0 Å². The van der Waals surface area contributed by atoms with Crippen molar-refractivity contribution >= 4 is 12.0 Å². The summed E-state index contributed by atoms with van der Waals surface area (Å²) in [6, 6.07) is 7.14. The molecule has 1 heterocycles. The number of aliphatic hydroxyl groups is 1. The number of nitrogen functional groups attached to an aromatic ring is 1. The minimum Gasteiger partial charge on any atom is -0.397 e. The summed E-state index contributed by atoms with van der Waals surface area (Å²) in [7, 11) is 0. The number of nitrogens with two attached hydrogens (primary N) is 1. The summed E-state index contributed by atoms with van der Waals surface area (Å²) in [6.07, 6.45) is 0.880. The number of aliphatic hydroxyl groups excluding tert-OH is 1. The Morgan fingerprint density at radius 3 is 2.82 bits per heavy atom. The molecular weight excluding hydrogens is 220 g/mol. The summed E-state index contributed by atoms with van der Waals surface area (Å²) in [5, 5.41) is 16.8. The molecule has 0 bridgehead atoms. The zero-order valence-corrected chi connectivity index (χ0v) is 9.08. The van der Waals surface area contributed by atoms with E-state index in [1.807, 2.05) is 12.1 Å². The molecule has 1 aromatic heterocycles. The van der Waals surface area contributed by atoms with Gasteiger partial charge in [0.2, 0.25) is 0 Å². The Bertz CT molecular complexity index is 536. The highest BCUT2D eigenvalue weighted by atomic mass is 16.3. The van der Waals surface area contributed by atoms with Crippen molar-refractivity contribution in [3.05, 3.63) is 35.7 Å². The van der Waals surface area contributed by atoms with Gasteiger partial charge in [0.1, 0.15) is 12.0 Å². The first-order valence-electron chi connectivity index (χ1n) is 5.10. The maximum absolute atomic E-state index is 10.6. The number of hydrogen-bond acceptors (Lipinski definition) is 5. The summed E-state index contributed by atoms with van der Waals surface area (Å²) in [5.74, 6) is 0. The number of hydrogen-bond donors (Lipinski definition) is 2. The summed E-state index contributed by atoms with van der Waals surface area (Å²) in [4.78, 5) is 10.6. The van der Waals surface area contributed by atoms with Crippen LogP contribution in [0.4, 0.5) is 5.69 Å². The van der Waals surface area contributed by atoms with Crippen molar-refractivity contribution in [3.8, 4) is 5.69 Å². The second-order valence-electron chi connectivity index (χ2n) is 3.48. The van der Waals surface area contributed by atoms with Crippen LogP contribution < -0.4 is 5.73 Å². The minimum absolute atomic E-state index is 0.136. The zero-order chi connectivity index (χ0) is 12.3. The molecule has 0 aliphatic heterocycles. The van der Waals surface area contributed by atoms with E-state index in [-0.39, 0.29) is 13.0 Å². The fraction of sp³-hybridized carbons (Fsp3) is 0.182.